The molecule has 6 rings (SSSR count). The lowest BCUT2D eigenvalue weighted by molar-refractivity contribution is -0.130. The Morgan fingerprint density at radius 3 is 2.43 bits per heavy atom. The van der Waals surface area contributed by atoms with Crippen LogP contribution in [-0.4, -0.2) is 69.0 Å². The standard InChI is InChI=1S/C26H34ClN7O/c1-14-6-21-20(9-29-30-21)23(24(14)27)22-17(4)34(19-7-26(8-19)12-28-13-26)31-25(22)33-15(2)10-32(18(5)35)11-16(33)3/h6,9,15-16,19,28H,7-8,10-13H2,1-5H3,(H,29,30)/t15-,16+. The molecule has 35 heavy (non-hydrogen) atoms. The molecule has 1 aliphatic carbocycles. The third-order valence-electron chi connectivity index (χ3n) is 8.54. The number of carbonyl (C=O) groups excluding carboxylic acids is 1. The fourth-order valence-corrected chi connectivity index (χ4v) is 6.91. The van der Waals surface area contributed by atoms with Crippen LogP contribution in [0.25, 0.3) is 22.0 Å². The van der Waals surface area contributed by atoms with Crippen LogP contribution in [0.15, 0.2) is 12.3 Å². The molecule has 3 aliphatic rings. The second-order valence-corrected chi connectivity index (χ2v) is 11.5. The molecule has 0 radical (unpaired) electrons. The van der Waals surface area contributed by atoms with Gasteiger partial charge in [0.25, 0.3) is 0 Å². The van der Waals surface area contributed by atoms with Gasteiger partial charge in [-0.25, -0.2) is 0 Å². The van der Waals surface area contributed by atoms with Crippen LogP contribution in [0.3, 0.4) is 0 Å². The van der Waals surface area contributed by atoms with Crippen molar-refractivity contribution in [1.29, 1.82) is 0 Å². The molecule has 2 N–H and O–H groups in total. The number of aromatic nitrogens is 4. The predicted molar refractivity (Wildman–Crippen MR) is 139 cm³/mol. The second kappa shape index (κ2) is 7.96. The summed E-state index contributed by atoms with van der Waals surface area (Å²) in [6.07, 6.45) is 4.19. The van der Waals surface area contributed by atoms with E-state index in [4.69, 9.17) is 16.7 Å². The van der Waals surface area contributed by atoms with E-state index in [9.17, 15) is 4.79 Å². The van der Waals surface area contributed by atoms with Gasteiger partial charge in [-0.15, -0.1) is 0 Å². The predicted octanol–water partition coefficient (Wildman–Crippen LogP) is 4.07. The molecular weight excluding hydrogens is 462 g/mol. The molecule has 2 atom stereocenters. The van der Waals surface area contributed by atoms with Crippen LogP contribution in [-0.2, 0) is 4.79 Å². The summed E-state index contributed by atoms with van der Waals surface area (Å²) >= 11 is 7.04. The topological polar surface area (TPSA) is 82.1 Å². The van der Waals surface area contributed by atoms with Gasteiger partial charge in [-0.2, -0.15) is 10.2 Å². The molecule has 2 aromatic heterocycles. The SMILES string of the molecule is CC(=O)N1C[C@@H](C)N(c2nn(C3CC4(CNC4)C3)c(C)c2-c2c(Cl)c(C)cc3[nH]ncc23)[C@@H](C)C1. The molecule has 4 heterocycles. The van der Waals surface area contributed by atoms with Crippen LogP contribution >= 0.6 is 11.6 Å². The average molecular weight is 496 g/mol. The van der Waals surface area contributed by atoms with Crippen molar-refractivity contribution >= 4 is 34.2 Å². The fraction of sp³-hybridized carbons (Fsp3) is 0.577. The number of nitrogens with zero attached hydrogens (tertiary/aromatic N) is 5. The van der Waals surface area contributed by atoms with Crippen LogP contribution in [0.1, 0.15) is 50.9 Å². The van der Waals surface area contributed by atoms with Gasteiger partial charge in [0.15, 0.2) is 5.82 Å². The molecule has 0 unspecified atom stereocenters. The maximum absolute atomic E-state index is 12.2. The van der Waals surface area contributed by atoms with Crippen molar-refractivity contribution in [2.75, 3.05) is 31.1 Å². The summed E-state index contributed by atoms with van der Waals surface area (Å²) in [6, 6.07) is 2.73. The zero-order valence-electron chi connectivity index (χ0n) is 21.2. The zero-order chi connectivity index (χ0) is 24.6. The highest BCUT2D eigenvalue weighted by Gasteiger charge is 2.50. The zero-order valence-corrected chi connectivity index (χ0v) is 21.9. The van der Waals surface area contributed by atoms with Gasteiger partial charge in [0.2, 0.25) is 5.91 Å². The van der Waals surface area contributed by atoms with E-state index in [1.54, 1.807) is 6.92 Å². The number of benzene rings is 1. The Morgan fingerprint density at radius 1 is 1.14 bits per heavy atom. The summed E-state index contributed by atoms with van der Waals surface area (Å²) < 4.78 is 2.26. The average Bonchev–Trinajstić information content (AvgIpc) is 3.32. The highest BCUT2D eigenvalue weighted by molar-refractivity contribution is 6.36. The summed E-state index contributed by atoms with van der Waals surface area (Å²) in [5.74, 6) is 1.09. The van der Waals surface area contributed by atoms with E-state index in [0.717, 1.165) is 70.1 Å². The van der Waals surface area contributed by atoms with E-state index >= 15 is 0 Å². The second-order valence-electron chi connectivity index (χ2n) is 11.1. The van der Waals surface area contributed by atoms with E-state index in [-0.39, 0.29) is 18.0 Å². The molecule has 8 nitrogen and oxygen atoms in total. The first kappa shape index (κ1) is 22.9. The number of piperazine rings is 1. The van der Waals surface area contributed by atoms with Crippen LogP contribution in [0.5, 0.6) is 0 Å². The first-order chi connectivity index (χ1) is 16.7. The molecule has 1 spiro atoms. The monoisotopic (exact) mass is 495 g/mol. The molecule has 186 valence electrons. The molecule has 3 fully saturated rings. The van der Waals surface area contributed by atoms with Crippen molar-refractivity contribution in [3.05, 3.63) is 28.5 Å². The third kappa shape index (κ3) is 3.40. The maximum Gasteiger partial charge on any atom is 0.219 e. The minimum Gasteiger partial charge on any atom is -0.346 e. The number of amides is 1. The van der Waals surface area contributed by atoms with Crippen molar-refractivity contribution in [1.82, 2.24) is 30.2 Å². The molecule has 2 aliphatic heterocycles. The van der Waals surface area contributed by atoms with Gasteiger partial charge in [-0.05, 0) is 57.6 Å². The quantitative estimate of drug-likeness (QED) is 0.572. The smallest absolute Gasteiger partial charge is 0.219 e. The summed E-state index contributed by atoms with van der Waals surface area (Å²) in [5, 5.41) is 18.0. The van der Waals surface area contributed by atoms with E-state index in [2.05, 4.69) is 51.9 Å². The normalized spacial score (nSPS) is 24.2. The number of hydrogen-bond acceptors (Lipinski definition) is 5. The Balaban J connectivity index is 1.52. The minimum atomic E-state index is 0.126. The number of anilines is 1. The van der Waals surface area contributed by atoms with Crippen molar-refractivity contribution in [2.45, 2.75) is 65.6 Å². The maximum atomic E-state index is 12.2. The number of H-pyrrole nitrogens is 1. The van der Waals surface area contributed by atoms with Gasteiger partial charge in [0.05, 0.1) is 22.8 Å². The van der Waals surface area contributed by atoms with Gasteiger partial charge in [-0.1, -0.05) is 11.6 Å². The molecule has 3 aromatic rings. The number of hydrogen-bond donors (Lipinski definition) is 2. The van der Waals surface area contributed by atoms with Crippen molar-refractivity contribution in [3.63, 3.8) is 0 Å². The summed E-state index contributed by atoms with van der Waals surface area (Å²) in [6.45, 7) is 13.9. The summed E-state index contributed by atoms with van der Waals surface area (Å²) in [4.78, 5) is 16.5. The van der Waals surface area contributed by atoms with Gasteiger partial charge >= 0.3 is 0 Å². The molecule has 1 amide bonds. The lowest BCUT2D eigenvalue weighted by Crippen LogP contribution is -2.60. The van der Waals surface area contributed by atoms with Crippen LogP contribution < -0.4 is 10.2 Å². The van der Waals surface area contributed by atoms with Gasteiger partial charge in [0.1, 0.15) is 0 Å². The van der Waals surface area contributed by atoms with E-state index in [1.165, 1.54) is 0 Å². The van der Waals surface area contributed by atoms with Gasteiger partial charge < -0.3 is 15.1 Å². The van der Waals surface area contributed by atoms with E-state index < -0.39 is 0 Å². The molecule has 1 aromatic carbocycles. The van der Waals surface area contributed by atoms with E-state index in [1.807, 2.05) is 18.0 Å². The highest BCUT2D eigenvalue weighted by Crippen LogP contribution is 2.53. The molecule has 2 saturated heterocycles. The number of aromatic amines is 1. The highest BCUT2D eigenvalue weighted by atomic mass is 35.5. The van der Waals surface area contributed by atoms with Gasteiger partial charge in [-0.3, -0.25) is 14.6 Å². The van der Waals surface area contributed by atoms with Crippen molar-refractivity contribution in [3.8, 4) is 11.1 Å². The van der Waals surface area contributed by atoms with E-state index in [0.29, 0.717) is 24.5 Å². The summed E-state index contributed by atoms with van der Waals surface area (Å²) in [7, 11) is 0. The summed E-state index contributed by atoms with van der Waals surface area (Å²) in [5.41, 5.74) is 5.69. The van der Waals surface area contributed by atoms with Crippen molar-refractivity contribution < 1.29 is 4.79 Å². The fourth-order valence-electron chi connectivity index (χ4n) is 6.65. The number of halogens is 1. The number of carbonyl (C=O) groups is 1. The number of rotatable bonds is 3. The minimum absolute atomic E-state index is 0.126. The Morgan fingerprint density at radius 2 is 1.83 bits per heavy atom. The number of nitrogens with one attached hydrogen (secondary N) is 2. The van der Waals surface area contributed by atoms with Crippen molar-refractivity contribution in [2.24, 2.45) is 5.41 Å². The first-order valence-corrected chi connectivity index (χ1v) is 13.0. The molecular formula is C26H34ClN7O. The lowest BCUT2D eigenvalue weighted by Gasteiger charge is -2.54. The third-order valence-corrected chi connectivity index (χ3v) is 9.03. The largest absolute Gasteiger partial charge is 0.346 e. The van der Waals surface area contributed by atoms with Gasteiger partial charge in [0, 0.05) is 67.4 Å². The van der Waals surface area contributed by atoms with Crippen LogP contribution in [0, 0.1) is 19.3 Å². The first-order valence-electron chi connectivity index (χ1n) is 12.7. The Labute approximate surface area is 211 Å². The Kier molecular flexibility index (Phi) is 5.20. The van der Waals surface area contributed by atoms with Crippen LogP contribution in [0.4, 0.5) is 5.82 Å². The molecule has 9 heteroatoms. The lowest BCUT2D eigenvalue weighted by atomic mass is 9.61. The Bertz CT molecular complexity index is 1300. The Hall–Kier alpha value is -2.58. The number of fused-ring (bicyclic) bond motifs is 1. The molecule has 0 bridgehead atoms. The molecule has 1 saturated carbocycles. The number of aryl methyl sites for hydroxylation is 1. The van der Waals surface area contributed by atoms with Crippen LogP contribution in [0.2, 0.25) is 5.02 Å².